The number of halogens is 1. The average Bonchev–Trinajstić information content (AvgIpc) is 2.82. The van der Waals surface area contributed by atoms with Crippen LogP contribution in [0.25, 0.3) is 0 Å². The van der Waals surface area contributed by atoms with Crippen molar-refractivity contribution in [2.24, 2.45) is 5.84 Å². The minimum atomic E-state index is 0.0142. The van der Waals surface area contributed by atoms with Crippen LogP contribution in [0.4, 0.5) is 0 Å². The van der Waals surface area contributed by atoms with Crippen molar-refractivity contribution < 1.29 is 4.74 Å². The highest BCUT2D eigenvalue weighted by atomic mass is 79.9. The Morgan fingerprint density at radius 1 is 1.53 bits per heavy atom. The van der Waals surface area contributed by atoms with Crippen LogP contribution in [0.5, 0.6) is 5.75 Å². The Kier molecular flexibility index (Phi) is 4.87. The molecule has 1 heterocycles. The molecule has 2 aromatic rings. The second-order valence-electron chi connectivity index (χ2n) is 4.11. The van der Waals surface area contributed by atoms with Crippen molar-refractivity contribution in [3.63, 3.8) is 0 Å². The number of rotatable bonds is 5. The van der Waals surface area contributed by atoms with Crippen molar-refractivity contribution >= 4 is 27.5 Å². The van der Waals surface area contributed by atoms with E-state index in [1.54, 1.807) is 7.11 Å². The number of nitrogens with zero attached hydrogens (tertiary/aromatic N) is 2. The van der Waals surface area contributed by atoms with Crippen LogP contribution in [0.15, 0.2) is 22.7 Å². The summed E-state index contributed by atoms with van der Waals surface area (Å²) in [6, 6.07) is 6.01. The molecule has 0 spiro atoms. The number of aryl methyl sites for hydroxylation is 1. The largest absolute Gasteiger partial charge is 0.496 e. The summed E-state index contributed by atoms with van der Waals surface area (Å²) < 4.78 is 10.1. The molecule has 0 saturated carbocycles. The zero-order valence-electron chi connectivity index (χ0n) is 10.7. The molecular formula is C12H15BrN4OS. The Bertz CT molecular complexity index is 560. The van der Waals surface area contributed by atoms with Gasteiger partial charge in [0.1, 0.15) is 5.75 Å². The van der Waals surface area contributed by atoms with Gasteiger partial charge in [0.15, 0.2) is 0 Å². The molecule has 1 unspecified atom stereocenters. The van der Waals surface area contributed by atoms with Gasteiger partial charge in [-0.05, 0) is 58.5 Å². The van der Waals surface area contributed by atoms with E-state index in [4.69, 9.17) is 10.6 Å². The van der Waals surface area contributed by atoms with E-state index in [2.05, 4.69) is 30.9 Å². The lowest BCUT2D eigenvalue weighted by atomic mass is 10.0. The summed E-state index contributed by atoms with van der Waals surface area (Å²) in [6.07, 6.45) is 0.768. The van der Waals surface area contributed by atoms with Crippen molar-refractivity contribution in [1.82, 2.24) is 15.0 Å². The lowest BCUT2D eigenvalue weighted by molar-refractivity contribution is 0.412. The van der Waals surface area contributed by atoms with Crippen LogP contribution in [-0.4, -0.2) is 16.7 Å². The number of hydrogen-bond donors (Lipinski definition) is 2. The van der Waals surface area contributed by atoms with Gasteiger partial charge in [0.25, 0.3) is 0 Å². The number of ether oxygens (including phenoxy) is 1. The zero-order chi connectivity index (χ0) is 13.8. The first kappa shape index (κ1) is 14.4. The fourth-order valence-corrected chi connectivity index (χ4v) is 3.15. The molecule has 0 amide bonds. The first-order valence-corrected chi connectivity index (χ1v) is 7.29. The van der Waals surface area contributed by atoms with Crippen molar-refractivity contribution in [1.29, 1.82) is 0 Å². The third-order valence-corrected chi connectivity index (χ3v) is 4.42. The van der Waals surface area contributed by atoms with Gasteiger partial charge in [-0.2, -0.15) is 0 Å². The number of aromatic nitrogens is 2. The molecule has 1 atom stereocenters. The maximum Gasteiger partial charge on any atom is 0.133 e. The van der Waals surface area contributed by atoms with Crippen molar-refractivity contribution in [2.45, 2.75) is 19.4 Å². The van der Waals surface area contributed by atoms with Gasteiger partial charge in [-0.1, -0.05) is 10.6 Å². The monoisotopic (exact) mass is 342 g/mol. The number of hydrazine groups is 1. The summed E-state index contributed by atoms with van der Waals surface area (Å²) in [5, 5.41) is 4.02. The summed E-state index contributed by atoms with van der Waals surface area (Å²) in [5.41, 5.74) is 4.90. The molecule has 0 aliphatic heterocycles. The average molecular weight is 343 g/mol. The van der Waals surface area contributed by atoms with Gasteiger partial charge in [-0.15, -0.1) is 5.10 Å². The molecule has 1 aromatic carbocycles. The summed E-state index contributed by atoms with van der Waals surface area (Å²) in [5.74, 6) is 6.46. The highest BCUT2D eigenvalue weighted by Crippen LogP contribution is 2.28. The number of methoxy groups -OCH3 is 1. The molecule has 0 bridgehead atoms. The minimum Gasteiger partial charge on any atom is -0.496 e. The fraction of sp³-hybridized carbons (Fsp3) is 0.333. The van der Waals surface area contributed by atoms with E-state index in [-0.39, 0.29) is 6.04 Å². The van der Waals surface area contributed by atoms with E-state index in [0.717, 1.165) is 32.8 Å². The summed E-state index contributed by atoms with van der Waals surface area (Å²) >= 11 is 4.86. The Morgan fingerprint density at radius 3 is 2.84 bits per heavy atom. The highest BCUT2D eigenvalue weighted by Gasteiger charge is 2.17. The molecule has 0 aliphatic carbocycles. The van der Waals surface area contributed by atoms with Gasteiger partial charge < -0.3 is 4.74 Å². The lowest BCUT2D eigenvalue weighted by Gasteiger charge is -2.15. The van der Waals surface area contributed by atoms with E-state index in [9.17, 15) is 0 Å². The second-order valence-corrected chi connectivity index (χ2v) is 5.75. The van der Waals surface area contributed by atoms with Crippen molar-refractivity contribution in [3.05, 3.63) is 38.8 Å². The Labute approximate surface area is 124 Å². The van der Waals surface area contributed by atoms with Gasteiger partial charge in [0.2, 0.25) is 0 Å². The molecule has 1 aromatic heterocycles. The van der Waals surface area contributed by atoms with Crippen molar-refractivity contribution in [3.8, 4) is 5.75 Å². The molecule has 2 rings (SSSR count). The zero-order valence-corrected chi connectivity index (χ0v) is 13.1. The van der Waals surface area contributed by atoms with Gasteiger partial charge in [-0.25, -0.2) is 0 Å². The molecule has 7 heteroatoms. The Hall–Kier alpha value is -1.02. The lowest BCUT2D eigenvalue weighted by Crippen LogP contribution is -2.29. The molecule has 102 valence electrons. The third-order valence-electron chi connectivity index (χ3n) is 2.86. The normalized spacial score (nSPS) is 12.4. The van der Waals surface area contributed by atoms with Crippen LogP contribution in [0.1, 0.15) is 22.2 Å². The molecule has 19 heavy (non-hydrogen) atoms. The third kappa shape index (κ3) is 3.30. The van der Waals surface area contributed by atoms with Crippen LogP contribution < -0.4 is 16.0 Å². The second kappa shape index (κ2) is 6.42. The minimum absolute atomic E-state index is 0.0142. The molecular weight excluding hydrogens is 328 g/mol. The van der Waals surface area contributed by atoms with Crippen LogP contribution >= 0.6 is 27.5 Å². The van der Waals surface area contributed by atoms with E-state index >= 15 is 0 Å². The summed E-state index contributed by atoms with van der Waals surface area (Å²) in [7, 11) is 1.65. The number of nitrogens with two attached hydrogens (primary N) is 1. The van der Waals surface area contributed by atoms with E-state index in [1.807, 2.05) is 25.1 Å². The molecule has 0 saturated heterocycles. The number of nitrogens with one attached hydrogen (secondary N) is 1. The fourth-order valence-electron chi connectivity index (χ4n) is 1.86. The van der Waals surface area contributed by atoms with Gasteiger partial charge in [0.05, 0.1) is 28.2 Å². The smallest absolute Gasteiger partial charge is 0.133 e. The van der Waals surface area contributed by atoms with E-state index < -0.39 is 0 Å². The Morgan fingerprint density at radius 2 is 2.32 bits per heavy atom. The van der Waals surface area contributed by atoms with Gasteiger partial charge in [-0.3, -0.25) is 11.3 Å². The predicted octanol–water partition coefficient (Wildman–Crippen LogP) is 2.36. The van der Waals surface area contributed by atoms with Crippen LogP contribution in [0.2, 0.25) is 0 Å². The molecule has 0 aliphatic rings. The maximum atomic E-state index is 5.64. The van der Waals surface area contributed by atoms with Crippen LogP contribution in [0, 0.1) is 6.92 Å². The van der Waals surface area contributed by atoms with Crippen LogP contribution in [0.3, 0.4) is 0 Å². The summed E-state index contributed by atoms with van der Waals surface area (Å²) in [4.78, 5) is 1.06. The highest BCUT2D eigenvalue weighted by molar-refractivity contribution is 9.10. The molecule has 3 N–H and O–H groups in total. The van der Waals surface area contributed by atoms with Crippen LogP contribution in [-0.2, 0) is 6.42 Å². The van der Waals surface area contributed by atoms with E-state index in [1.165, 1.54) is 11.5 Å². The summed E-state index contributed by atoms with van der Waals surface area (Å²) in [6.45, 7) is 1.94. The van der Waals surface area contributed by atoms with Gasteiger partial charge >= 0.3 is 0 Å². The number of hydrogen-bond acceptors (Lipinski definition) is 6. The topological polar surface area (TPSA) is 73.1 Å². The SMILES string of the molecule is COc1ccc(CC(NN)c2snnc2C)cc1Br. The van der Waals surface area contributed by atoms with Crippen molar-refractivity contribution in [2.75, 3.05) is 7.11 Å². The standard InChI is InChI=1S/C12H15BrN4OS/c1-7-12(19-17-16-7)10(15-14)6-8-3-4-11(18-2)9(13)5-8/h3-5,10,15H,6,14H2,1-2H3. The first-order valence-electron chi connectivity index (χ1n) is 5.73. The quantitative estimate of drug-likeness (QED) is 0.644. The maximum absolute atomic E-state index is 5.64. The van der Waals surface area contributed by atoms with E-state index in [0.29, 0.717) is 0 Å². The number of benzene rings is 1. The molecule has 0 radical (unpaired) electrons. The Balaban J connectivity index is 2.19. The molecule has 0 fully saturated rings. The van der Waals surface area contributed by atoms with Gasteiger partial charge in [0, 0.05) is 0 Å². The molecule has 5 nitrogen and oxygen atoms in total. The predicted molar refractivity (Wildman–Crippen MR) is 79.1 cm³/mol. The first-order chi connectivity index (χ1) is 9.15.